The van der Waals surface area contributed by atoms with Crippen LogP contribution in [0.25, 0.3) is 0 Å². The van der Waals surface area contributed by atoms with Crippen LogP contribution in [-0.2, 0) is 0 Å². The van der Waals surface area contributed by atoms with Crippen LogP contribution < -0.4 is 14.8 Å². The van der Waals surface area contributed by atoms with Crippen molar-refractivity contribution in [3.05, 3.63) is 24.3 Å². The van der Waals surface area contributed by atoms with Crippen LogP contribution in [0, 0.1) is 5.92 Å². The predicted molar refractivity (Wildman–Crippen MR) is 84.6 cm³/mol. The minimum Gasteiger partial charge on any atom is -0.497 e. The van der Waals surface area contributed by atoms with Gasteiger partial charge >= 0.3 is 0 Å². The standard InChI is InChI=1S/C17H29NO2/c1-5-18-15(13-14(2)3)7-6-12-20-17-10-8-16(19-4)9-11-17/h8-11,14-15,18H,5-7,12-13H2,1-4H3. The van der Waals surface area contributed by atoms with Crippen molar-refractivity contribution in [3.8, 4) is 11.5 Å². The van der Waals surface area contributed by atoms with Gasteiger partial charge in [-0.2, -0.15) is 0 Å². The van der Waals surface area contributed by atoms with Crippen molar-refractivity contribution in [2.45, 2.75) is 46.1 Å². The Morgan fingerprint density at radius 2 is 1.75 bits per heavy atom. The van der Waals surface area contributed by atoms with Crippen LogP contribution in [0.4, 0.5) is 0 Å². The third-order valence-corrected chi connectivity index (χ3v) is 3.27. The highest BCUT2D eigenvalue weighted by Crippen LogP contribution is 2.17. The first-order chi connectivity index (χ1) is 9.65. The van der Waals surface area contributed by atoms with E-state index < -0.39 is 0 Å². The first-order valence-corrected chi connectivity index (χ1v) is 7.66. The molecule has 1 N–H and O–H groups in total. The molecule has 0 aliphatic rings. The van der Waals surface area contributed by atoms with E-state index in [1.807, 2.05) is 24.3 Å². The van der Waals surface area contributed by atoms with Gasteiger partial charge < -0.3 is 14.8 Å². The quantitative estimate of drug-likeness (QED) is 0.659. The molecule has 0 saturated heterocycles. The number of hydrogen-bond acceptors (Lipinski definition) is 3. The Bertz CT molecular complexity index is 349. The fourth-order valence-corrected chi connectivity index (χ4v) is 2.35. The molecular weight excluding hydrogens is 250 g/mol. The molecule has 1 rings (SSSR count). The zero-order chi connectivity index (χ0) is 14.8. The van der Waals surface area contributed by atoms with Crippen LogP contribution in [0.15, 0.2) is 24.3 Å². The molecule has 1 unspecified atom stereocenters. The lowest BCUT2D eigenvalue weighted by Gasteiger charge is -2.19. The van der Waals surface area contributed by atoms with E-state index in [1.165, 1.54) is 12.8 Å². The van der Waals surface area contributed by atoms with Crippen LogP contribution in [-0.4, -0.2) is 26.3 Å². The second kappa shape index (κ2) is 9.65. The van der Waals surface area contributed by atoms with Crippen LogP contribution in [0.3, 0.4) is 0 Å². The summed E-state index contributed by atoms with van der Waals surface area (Å²) in [6, 6.07) is 8.37. The maximum absolute atomic E-state index is 5.76. The number of rotatable bonds is 10. The van der Waals surface area contributed by atoms with E-state index in [9.17, 15) is 0 Å². The number of ether oxygens (including phenoxy) is 2. The van der Waals surface area contributed by atoms with Crippen LogP contribution in [0.1, 0.15) is 40.0 Å². The second-order valence-electron chi connectivity index (χ2n) is 5.55. The lowest BCUT2D eigenvalue weighted by atomic mass is 10.00. The van der Waals surface area contributed by atoms with Gasteiger partial charge in [-0.1, -0.05) is 20.8 Å². The van der Waals surface area contributed by atoms with Crippen LogP contribution in [0.5, 0.6) is 11.5 Å². The summed E-state index contributed by atoms with van der Waals surface area (Å²) in [6.07, 6.45) is 3.48. The molecule has 0 saturated carbocycles. The molecule has 0 spiro atoms. The van der Waals surface area contributed by atoms with Crippen LogP contribution in [0.2, 0.25) is 0 Å². The molecule has 3 heteroatoms. The number of hydrogen-bond donors (Lipinski definition) is 1. The van der Waals surface area contributed by atoms with E-state index in [0.717, 1.165) is 37.0 Å². The monoisotopic (exact) mass is 279 g/mol. The molecule has 0 radical (unpaired) electrons. The molecular formula is C17H29NO2. The molecule has 0 aromatic heterocycles. The van der Waals surface area contributed by atoms with Gasteiger partial charge in [-0.05, 0) is 56.0 Å². The minimum atomic E-state index is 0.611. The normalized spacial score (nSPS) is 12.4. The molecule has 114 valence electrons. The first-order valence-electron chi connectivity index (χ1n) is 7.66. The maximum atomic E-state index is 5.76. The number of benzene rings is 1. The van der Waals surface area contributed by atoms with Crippen molar-refractivity contribution in [2.75, 3.05) is 20.3 Å². The molecule has 0 heterocycles. The van der Waals surface area contributed by atoms with Gasteiger partial charge in [0.25, 0.3) is 0 Å². The van der Waals surface area contributed by atoms with Gasteiger partial charge in [0, 0.05) is 6.04 Å². The summed E-state index contributed by atoms with van der Waals surface area (Å²) in [5.41, 5.74) is 0. The van der Waals surface area contributed by atoms with Gasteiger partial charge in [0.05, 0.1) is 13.7 Å². The van der Waals surface area contributed by atoms with E-state index in [4.69, 9.17) is 9.47 Å². The third kappa shape index (κ3) is 6.80. The lowest BCUT2D eigenvalue weighted by Crippen LogP contribution is -2.30. The molecule has 3 nitrogen and oxygen atoms in total. The SMILES string of the molecule is CCNC(CCCOc1ccc(OC)cc1)CC(C)C. The van der Waals surface area contributed by atoms with Gasteiger partial charge in [0.15, 0.2) is 0 Å². The Morgan fingerprint density at radius 1 is 1.10 bits per heavy atom. The highest BCUT2D eigenvalue weighted by atomic mass is 16.5. The smallest absolute Gasteiger partial charge is 0.119 e. The van der Waals surface area contributed by atoms with E-state index >= 15 is 0 Å². The zero-order valence-electron chi connectivity index (χ0n) is 13.3. The lowest BCUT2D eigenvalue weighted by molar-refractivity contribution is 0.288. The zero-order valence-corrected chi connectivity index (χ0v) is 13.3. The summed E-state index contributed by atoms with van der Waals surface area (Å²) < 4.78 is 10.9. The van der Waals surface area contributed by atoms with Crippen LogP contribution >= 0.6 is 0 Å². The van der Waals surface area contributed by atoms with E-state index in [1.54, 1.807) is 7.11 Å². The second-order valence-corrected chi connectivity index (χ2v) is 5.55. The van der Waals surface area contributed by atoms with Crippen molar-refractivity contribution in [1.29, 1.82) is 0 Å². The minimum absolute atomic E-state index is 0.611. The Kier molecular flexibility index (Phi) is 8.12. The molecule has 0 fully saturated rings. The highest BCUT2D eigenvalue weighted by molar-refractivity contribution is 5.31. The van der Waals surface area contributed by atoms with E-state index in [-0.39, 0.29) is 0 Å². The Balaban J connectivity index is 2.24. The van der Waals surface area contributed by atoms with E-state index in [2.05, 4.69) is 26.1 Å². The number of methoxy groups -OCH3 is 1. The fourth-order valence-electron chi connectivity index (χ4n) is 2.35. The van der Waals surface area contributed by atoms with Gasteiger partial charge in [0.1, 0.15) is 11.5 Å². The van der Waals surface area contributed by atoms with E-state index in [0.29, 0.717) is 6.04 Å². The average Bonchev–Trinajstić information content (AvgIpc) is 2.44. The Hall–Kier alpha value is -1.22. The maximum Gasteiger partial charge on any atom is 0.119 e. The van der Waals surface area contributed by atoms with Gasteiger partial charge in [-0.25, -0.2) is 0 Å². The summed E-state index contributed by atoms with van der Waals surface area (Å²) in [6.45, 7) is 8.53. The topological polar surface area (TPSA) is 30.5 Å². The Morgan fingerprint density at radius 3 is 2.30 bits per heavy atom. The first kappa shape index (κ1) is 16.8. The van der Waals surface area contributed by atoms with Gasteiger partial charge in [-0.3, -0.25) is 0 Å². The molecule has 0 amide bonds. The number of nitrogens with one attached hydrogen (secondary N) is 1. The van der Waals surface area contributed by atoms with Gasteiger partial charge in [-0.15, -0.1) is 0 Å². The predicted octanol–water partition coefficient (Wildman–Crippen LogP) is 3.88. The molecule has 0 aliphatic heterocycles. The molecule has 20 heavy (non-hydrogen) atoms. The molecule has 1 aromatic carbocycles. The van der Waals surface area contributed by atoms with Gasteiger partial charge in [0.2, 0.25) is 0 Å². The third-order valence-electron chi connectivity index (χ3n) is 3.27. The summed E-state index contributed by atoms with van der Waals surface area (Å²) >= 11 is 0. The molecule has 0 aliphatic carbocycles. The van der Waals surface area contributed by atoms with Crippen molar-refractivity contribution >= 4 is 0 Å². The molecule has 1 atom stereocenters. The highest BCUT2D eigenvalue weighted by Gasteiger charge is 2.09. The average molecular weight is 279 g/mol. The largest absolute Gasteiger partial charge is 0.497 e. The van der Waals surface area contributed by atoms with Crippen molar-refractivity contribution in [2.24, 2.45) is 5.92 Å². The summed E-state index contributed by atoms with van der Waals surface area (Å²) in [5, 5.41) is 3.56. The van der Waals surface area contributed by atoms with Crippen molar-refractivity contribution in [1.82, 2.24) is 5.32 Å². The molecule has 1 aromatic rings. The van der Waals surface area contributed by atoms with Crippen molar-refractivity contribution in [3.63, 3.8) is 0 Å². The molecule has 0 bridgehead atoms. The summed E-state index contributed by atoms with van der Waals surface area (Å²) in [5.74, 6) is 2.51. The fraction of sp³-hybridized carbons (Fsp3) is 0.647. The van der Waals surface area contributed by atoms with Crippen molar-refractivity contribution < 1.29 is 9.47 Å². The summed E-state index contributed by atoms with van der Waals surface area (Å²) in [4.78, 5) is 0. The summed E-state index contributed by atoms with van der Waals surface area (Å²) in [7, 11) is 1.67. The Labute approximate surface area is 123 Å².